The second-order valence-electron chi connectivity index (χ2n) is 5.28. The maximum absolute atomic E-state index is 4.75. The summed E-state index contributed by atoms with van der Waals surface area (Å²) in [7, 11) is 0. The van der Waals surface area contributed by atoms with Crippen LogP contribution in [0.25, 0.3) is 0 Å². The minimum absolute atomic E-state index is 0.369. The lowest BCUT2D eigenvalue weighted by Crippen LogP contribution is -2.31. The molecule has 0 fully saturated rings. The molecule has 0 aromatic heterocycles. The molecular formula is C12H20N2. The average molecular weight is 192 g/mol. The highest BCUT2D eigenvalue weighted by molar-refractivity contribution is 5.84. The van der Waals surface area contributed by atoms with Crippen molar-refractivity contribution in [2.24, 2.45) is 10.4 Å². The van der Waals surface area contributed by atoms with E-state index in [9.17, 15) is 0 Å². The zero-order valence-corrected chi connectivity index (χ0v) is 9.38. The van der Waals surface area contributed by atoms with Crippen molar-refractivity contribution in [1.29, 1.82) is 0 Å². The zero-order valence-electron chi connectivity index (χ0n) is 9.38. The van der Waals surface area contributed by atoms with Crippen molar-refractivity contribution in [3.8, 4) is 0 Å². The number of hydrogen-bond donors (Lipinski definition) is 1. The third-order valence-electron chi connectivity index (χ3n) is 3.37. The van der Waals surface area contributed by atoms with Crippen LogP contribution in [0.3, 0.4) is 0 Å². The quantitative estimate of drug-likeness (QED) is 0.714. The van der Waals surface area contributed by atoms with Gasteiger partial charge in [0.25, 0.3) is 0 Å². The lowest BCUT2D eigenvalue weighted by Gasteiger charge is -2.27. The Morgan fingerprint density at radius 3 is 2.86 bits per heavy atom. The predicted molar refractivity (Wildman–Crippen MR) is 60.6 cm³/mol. The molecule has 0 amide bonds. The van der Waals surface area contributed by atoms with E-state index in [1.807, 2.05) is 0 Å². The van der Waals surface area contributed by atoms with Gasteiger partial charge in [-0.25, -0.2) is 0 Å². The smallest absolute Gasteiger partial charge is 0.0573 e. The Labute approximate surface area is 86.5 Å². The maximum Gasteiger partial charge on any atom is 0.0573 e. The second kappa shape index (κ2) is 3.41. The Hall–Kier alpha value is -0.790. The normalized spacial score (nSPS) is 34.4. The van der Waals surface area contributed by atoms with Crippen LogP contribution in [-0.4, -0.2) is 17.8 Å². The largest absolute Gasteiger partial charge is 0.388 e. The molecule has 0 saturated heterocycles. The third kappa shape index (κ3) is 1.84. The molecule has 2 nitrogen and oxygen atoms in total. The number of hydrogen-bond acceptors (Lipinski definition) is 2. The van der Waals surface area contributed by atoms with Crippen molar-refractivity contribution in [3.63, 3.8) is 0 Å². The summed E-state index contributed by atoms with van der Waals surface area (Å²) in [5.41, 5.74) is 1.69. The van der Waals surface area contributed by atoms with E-state index in [2.05, 4.69) is 38.4 Å². The molecule has 2 heterocycles. The molecule has 14 heavy (non-hydrogen) atoms. The fourth-order valence-corrected chi connectivity index (χ4v) is 2.57. The Morgan fingerprint density at radius 1 is 1.57 bits per heavy atom. The summed E-state index contributed by atoms with van der Waals surface area (Å²) >= 11 is 0. The van der Waals surface area contributed by atoms with Crippen LogP contribution in [0, 0.1) is 5.41 Å². The van der Waals surface area contributed by atoms with E-state index in [0.29, 0.717) is 17.5 Å². The molecule has 2 unspecified atom stereocenters. The number of nitrogens with one attached hydrogen (secondary N) is 1. The molecule has 0 spiro atoms. The van der Waals surface area contributed by atoms with E-state index < -0.39 is 0 Å². The first-order valence-electron chi connectivity index (χ1n) is 5.52. The van der Waals surface area contributed by atoms with E-state index in [-0.39, 0.29) is 0 Å². The number of aliphatic imine (C=N–C) groups is 1. The lowest BCUT2D eigenvalue weighted by molar-refractivity contribution is 0.291. The third-order valence-corrected chi connectivity index (χ3v) is 3.37. The lowest BCUT2D eigenvalue weighted by atomic mass is 9.80. The van der Waals surface area contributed by atoms with Crippen LogP contribution in [0.2, 0.25) is 0 Å². The van der Waals surface area contributed by atoms with Crippen LogP contribution >= 0.6 is 0 Å². The summed E-state index contributed by atoms with van der Waals surface area (Å²) in [6, 6.07) is 1.13. The topological polar surface area (TPSA) is 24.4 Å². The van der Waals surface area contributed by atoms with Gasteiger partial charge in [-0.2, -0.15) is 0 Å². The van der Waals surface area contributed by atoms with Gasteiger partial charge in [-0.1, -0.05) is 19.9 Å². The first kappa shape index (κ1) is 9.75. The summed E-state index contributed by atoms with van der Waals surface area (Å²) in [6.45, 7) is 6.82. The molecule has 2 rings (SSSR count). The van der Waals surface area contributed by atoms with Crippen LogP contribution in [0.5, 0.6) is 0 Å². The summed E-state index contributed by atoms with van der Waals surface area (Å²) in [4.78, 5) is 4.75. The van der Waals surface area contributed by atoms with E-state index in [1.54, 1.807) is 0 Å². The van der Waals surface area contributed by atoms with Crippen LogP contribution in [-0.2, 0) is 0 Å². The SMILES string of the molecule is CC1=NC(CC2CC=CN2)C(C)(C)C1. The highest BCUT2D eigenvalue weighted by Gasteiger charge is 2.36. The van der Waals surface area contributed by atoms with Gasteiger partial charge < -0.3 is 5.32 Å². The van der Waals surface area contributed by atoms with Gasteiger partial charge in [0.2, 0.25) is 0 Å². The predicted octanol–water partition coefficient (Wildman–Crippen LogP) is 2.51. The van der Waals surface area contributed by atoms with Crippen LogP contribution in [0.1, 0.15) is 40.0 Å². The molecule has 2 aliphatic rings. The molecule has 0 aromatic rings. The van der Waals surface area contributed by atoms with Gasteiger partial charge in [0, 0.05) is 11.8 Å². The maximum atomic E-state index is 4.75. The van der Waals surface area contributed by atoms with Crippen molar-refractivity contribution in [2.75, 3.05) is 0 Å². The van der Waals surface area contributed by atoms with Gasteiger partial charge in [0.15, 0.2) is 0 Å². The van der Waals surface area contributed by atoms with E-state index >= 15 is 0 Å². The van der Waals surface area contributed by atoms with Crippen molar-refractivity contribution < 1.29 is 0 Å². The van der Waals surface area contributed by atoms with E-state index in [1.165, 1.54) is 18.6 Å². The van der Waals surface area contributed by atoms with Gasteiger partial charge in [-0.05, 0) is 37.8 Å². The molecule has 0 saturated carbocycles. The summed E-state index contributed by atoms with van der Waals surface area (Å²) in [6.07, 6.45) is 7.79. The molecule has 0 aliphatic carbocycles. The van der Waals surface area contributed by atoms with Gasteiger partial charge in [0.05, 0.1) is 6.04 Å². The Kier molecular flexibility index (Phi) is 2.38. The van der Waals surface area contributed by atoms with Gasteiger partial charge in [-0.15, -0.1) is 0 Å². The molecular weight excluding hydrogens is 172 g/mol. The van der Waals surface area contributed by atoms with Crippen molar-refractivity contribution >= 4 is 5.71 Å². The molecule has 0 bridgehead atoms. The van der Waals surface area contributed by atoms with Crippen molar-refractivity contribution in [2.45, 2.75) is 52.1 Å². The summed E-state index contributed by atoms with van der Waals surface area (Å²) < 4.78 is 0. The molecule has 0 radical (unpaired) electrons. The number of nitrogens with zero attached hydrogens (tertiary/aromatic N) is 1. The van der Waals surface area contributed by atoms with Gasteiger partial charge in [-0.3, -0.25) is 4.99 Å². The van der Waals surface area contributed by atoms with Crippen molar-refractivity contribution in [3.05, 3.63) is 12.3 Å². The van der Waals surface area contributed by atoms with Crippen LogP contribution in [0.15, 0.2) is 17.3 Å². The summed E-state index contributed by atoms with van der Waals surface area (Å²) in [5.74, 6) is 0. The first-order valence-corrected chi connectivity index (χ1v) is 5.52. The highest BCUT2D eigenvalue weighted by Crippen LogP contribution is 2.37. The minimum Gasteiger partial charge on any atom is -0.388 e. The molecule has 1 N–H and O–H groups in total. The molecule has 2 aliphatic heterocycles. The van der Waals surface area contributed by atoms with E-state index in [0.717, 1.165) is 6.42 Å². The Bertz CT molecular complexity index is 268. The number of rotatable bonds is 2. The molecule has 2 atom stereocenters. The van der Waals surface area contributed by atoms with Crippen LogP contribution in [0.4, 0.5) is 0 Å². The molecule has 78 valence electrons. The minimum atomic E-state index is 0.369. The zero-order chi connectivity index (χ0) is 10.2. The van der Waals surface area contributed by atoms with Gasteiger partial charge in [0.1, 0.15) is 0 Å². The fraction of sp³-hybridized carbons (Fsp3) is 0.750. The summed E-state index contributed by atoms with van der Waals surface area (Å²) in [5, 5.41) is 3.39. The first-order chi connectivity index (χ1) is 6.58. The second-order valence-corrected chi connectivity index (χ2v) is 5.28. The van der Waals surface area contributed by atoms with Crippen LogP contribution < -0.4 is 5.32 Å². The van der Waals surface area contributed by atoms with Gasteiger partial charge >= 0.3 is 0 Å². The fourth-order valence-electron chi connectivity index (χ4n) is 2.57. The molecule has 0 aromatic carbocycles. The molecule has 2 heteroatoms. The Balaban J connectivity index is 1.96. The highest BCUT2D eigenvalue weighted by atomic mass is 14.9. The van der Waals surface area contributed by atoms with Crippen molar-refractivity contribution in [1.82, 2.24) is 5.32 Å². The standard InChI is InChI=1S/C12H20N2/c1-9-8-12(2,3)11(14-9)7-10-5-4-6-13-10/h4,6,10-11,13H,5,7-8H2,1-3H3. The van der Waals surface area contributed by atoms with E-state index in [4.69, 9.17) is 4.99 Å². The Morgan fingerprint density at radius 2 is 2.36 bits per heavy atom. The average Bonchev–Trinajstić information content (AvgIpc) is 2.61. The monoisotopic (exact) mass is 192 g/mol.